The number of rotatable bonds is 4. The predicted octanol–water partition coefficient (Wildman–Crippen LogP) is 3.43. The molecule has 1 aliphatic carbocycles. The molecular weight excluding hydrogens is 160 g/mol. The molecule has 0 aromatic carbocycles. The molecule has 0 unspecified atom stereocenters. The minimum absolute atomic E-state index is 0.359. The molecule has 0 bridgehead atoms. The first-order valence-electron chi connectivity index (χ1n) is 5.64. The van der Waals surface area contributed by atoms with Gasteiger partial charge in [-0.05, 0) is 25.7 Å². The van der Waals surface area contributed by atoms with Crippen LogP contribution in [0.3, 0.4) is 0 Å². The van der Waals surface area contributed by atoms with E-state index in [9.17, 15) is 5.11 Å². The van der Waals surface area contributed by atoms with Gasteiger partial charge in [0, 0.05) is 0 Å². The highest BCUT2D eigenvalue weighted by atomic mass is 16.3. The maximum atomic E-state index is 10.1. The first-order chi connectivity index (χ1) is 6.27. The van der Waals surface area contributed by atoms with Crippen molar-refractivity contribution in [2.45, 2.75) is 63.9 Å². The fourth-order valence-electron chi connectivity index (χ4n) is 2.00. The molecule has 1 saturated carbocycles. The summed E-state index contributed by atoms with van der Waals surface area (Å²) in [6, 6.07) is 0. The maximum Gasteiger partial charge on any atom is 0.0682 e. The van der Waals surface area contributed by atoms with Gasteiger partial charge in [-0.1, -0.05) is 44.8 Å². The molecule has 1 N–H and O–H groups in total. The Bertz CT molecular complexity index is 155. The van der Waals surface area contributed by atoms with Crippen LogP contribution < -0.4 is 0 Å². The summed E-state index contributed by atoms with van der Waals surface area (Å²) in [7, 11) is 0. The van der Waals surface area contributed by atoms with Crippen LogP contribution in [-0.4, -0.2) is 10.7 Å². The normalized spacial score (nSPS) is 22.3. The number of aliphatic hydroxyl groups is 1. The van der Waals surface area contributed by atoms with E-state index in [-0.39, 0.29) is 5.60 Å². The molecule has 0 amide bonds. The molecule has 0 heterocycles. The molecule has 1 fully saturated rings. The Labute approximate surface area is 81.9 Å². The van der Waals surface area contributed by atoms with Crippen molar-refractivity contribution in [2.75, 3.05) is 0 Å². The zero-order valence-corrected chi connectivity index (χ0v) is 8.76. The Hall–Kier alpha value is -0.300. The summed E-state index contributed by atoms with van der Waals surface area (Å²) in [5, 5.41) is 10.1. The second-order valence-electron chi connectivity index (χ2n) is 4.25. The van der Waals surface area contributed by atoms with Crippen LogP contribution in [-0.2, 0) is 0 Å². The third-order valence-electron chi connectivity index (χ3n) is 2.90. The minimum Gasteiger partial charge on any atom is -0.390 e. The molecule has 0 aromatic heterocycles. The van der Waals surface area contributed by atoms with Gasteiger partial charge in [-0.15, -0.1) is 0 Å². The minimum atomic E-state index is -0.359. The van der Waals surface area contributed by atoms with E-state index in [1.165, 1.54) is 25.7 Å². The second kappa shape index (κ2) is 5.43. The van der Waals surface area contributed by atoms with Gasteiger partial charge in [-0.25, -0.2) is 0 Å². The Morgan fingerprint density at radius 3 is 2.46 bits per heavy atom. The van der Waals surface area contributed by atoms with Crippen molar-refractivity contribution in [2.24, 2.45) is 0 Å². The molecule has 0 spiro atoms. The lowest BCUT2D eigenvalue weighted by atomic mass is 9.82. The third-order valence-corrected chi connectivity index (χ3v) is 2.90. The van der Waals surface area contributed by atoms with Crippen molar-refractivity contribution in [3.05, 3.63) is 12.2 Å². The summed E-state index contributed by atoms with van der Waals surface area (Å²) in [5.41, 5.74) is -0.359. The maximum absolute atomic E-state index is 10.1. The fraction of sp³-hybridized carbons (Fsp3) is 0.833. The number of hydrogen-bond acceptors (Lipinski definition) is 1. The second-order valence-corrected chi connectivity index (χ2v) is 4.25. The molecule has 76 valence electrons. The van der Waals surface area contributed by atoms with Crippen LogP contribution in [0.1, 0.15) is 58.3 Å². The van der Waals surface area contributed by atoms with Crippen LogP contribution in [0, 0.1) is 0 Å². The van der Waals surface area contributed by atoms with Gasteiger partial charge >= 0.3 is 0 Å². The topological polar surface area (TPSA) is 20.2 Å². The summed E-state index contributed by atoms with van der Waals surface area (Å²) < 4.78 is 0. The molecule has 1 heteroatoms. The van der Waals surface area contributed by atoms with E-state index < -0.39 is 0 Å². The zero-order chi connectivity index (χ0) is 9.57. The summed E-state index contributed by atoms with van der Waals surface area (Å²) in [6.45, 7) is 2.18. The highest BCUT2D eigenvalue weighted by molar-refractivity contribution is 4.92. The van der Waals surface area contributed by atoms with Crippen molar-refractivity contribution < 1.29 is 5.11 Å². The van der Waals surface area contributed by atoms with Gasteiger partial charge in [0.05, 0.1) is 5.60 Å². The molecule has 1 rings (SSSR count). The van der Waals surface area contributed by atoms with Gasteiger partial charge in [0.15, 0.2) is 0 Å². The van der Waals surface area contributed by atoms with Crippen LogP contribution >= 0.6 is 0 Å². The van der Waals surface area contributed by atoms with Gasteiger partial charge in [-0.2, -0.15) is 0 Å². The van der Waals surface area contributed by atoms with Crippen LogP contribution in [0.5, 0.6) is 0 Å². The number of allylic oxidation sites excluding steroid dienone is 1. The van der Waals surface area contributed by atoms with Crippen molar-refractivity contribution >= 4 is 0 Å². The lowest BCUT2D eigenvalue weighted by Crippen LogP contribution is -2.30. The van der Waals surface area contributed by atoms with Crippen molar-refractivity contribution in [1.82, 2.24) is 0 Å². The molecular formula is C12H22O. The number of unbranched alkanes of at least 4 members (excludes halogenated alkanes) is 1. The first kappa shape index (κ1) is 10.8. The lowest BCUT2D eigenvalue weighted by molar-refractivity contribution is 0.00690. The molecule has 0 saturated heterocycles. The van der Waals surface area contributed by atoms with Crippen molar-refractivity contribution in [3.63, 3.8) is 0 Å². The quantitative estimate of drug-likeness (QED) is 0.660. The van der Waals surface area contributed by atoms with Crippen molar-refractivity contribution in [1.29, 1.82) is 0 Å². The van der Waals surface area contributed by atoms with E-state index >= 15 is 0 Å². The molecule has 0 aliphatic heterocycles. The molecule has 0 radical (unpaired) electrons. The first-order valence-corrected chi connectivity index (χ1v) is 5.64. The standard InChI is InChI=1S/C12H22O/c1-2-3-4-6-9-12(13)10-7-5-8-11-12/h4,6,13H,2-3,5,7-11H2,1H3/b6-4+. The van der Waals surface area contributed by atoms with Gasteiger partial charge < -0.3 is 5.11 Å². The van der Waals surface area contributed by atoms with Gasteiger partial charge in [0.25, 0.3) is 0 Å². The molecule has 1 nitrogen and oxygen atoms in total. The molecule has 1 aliphatic rings. The smallest absolute Gasteiger partial charge is 0.0682 e. The Morgan fingerprint density at radius 1 is 1.15 bits per heavy atom. The van der Waals surface area contributed by atoms with Gasteiger partial charge in [0.1, 0.15) is 0 Å². The Morgan fingerprint density at radius 2 is 1.85 bits per heavy atom. The summed E-state index contributed by atoms with van der Waals surface area (Å²) in [6.07, 6.45) is 13.3. The predicted molar refractivity (Wildman–Crippen MR) is 56.7 cm³/mol. The monoisotopic (exact) mass is 182 g/mol. The average Bonchev–Trinajstić information content (AvgIpc) is 2.14. The van der Waals surface area contributed by atoms with Crippen LogP contribution in [0.25, 0.3) is 0 Å². The molecule has 0 aromatic rings. The average molecular weight is 182 g/mol. The van der Waals surface area contributed by atoms with E-state index in [1.54, 1.807) is 0 Å². The molecule has 0 atom stereocenters. The summed E-state index contributed by atoms with van der Waals surface area (Å²) in [4.78, 5) is 0. The zero-order valence-electron chi connectivity index (χ0n) is 8.76. The van der Waals surface area contributed by atoms with Crippen LogP contribution in [0.15, 0.2) is 12.2 Å². The van der Waals surface area contributed by atoms with E-state index in [4.69, 9.17) is 0 Å². The Kier molecular flexibility index (Phi) is 4.51. The third kappa shape index (κ3) is 3.95. The highest BCUT2D eigenvalue weighted by Gasteiger charge is 2.27. The van der Waals surface area contributed by atoms with Gasteiger partial charge in [-0.3, -0.25) is 0 Å². The largest absolute Gasteiger partial charge is 0.390 e. The summed E-state index contributed by atoms with van der Waals surface area (Å²) >= 11 is 0. The van der Waals surface area contributed by atoms with E-state index in [1.807, 2.05) is 0 Å². The van der Waals surface area contributed by atoms with E-state index in [0.29, 0.717) is 0 Å². The SMILES string of the molecule is CCC/C=C/CC1(O)CCCCC1. The Balaban J connectivity index is 2.24. The molecule has 13 heavy (non-hydrogen) atoms. The van der Waals surface area contributed by atoms with E-state index in [2.05, 4.69) is 19.1 Å². The lowest BCUT2D eigenvalue weighted by Gasteiger charge is -2.30. The highest BCUT2D eigenvalue weighted by Crippen LogP contribution is 2.30. The van der Waals surface area contributed by atoms with Crippen molar-refractivity contribution in [3.8, 4) is 0 Å². The van der Waals surface area contributed by atoms with Crippen LogP contribution in [0.2, 0.25) is 0 Å². The van der Waals surface area contributed by atoms with Gasteiger partial charge in [0.2, 0.25) is 0 Å². The fourth-order valence-corrected chi connectivity index (χ4v) is 2.00. The summed E-state index contributed by atoms with van der Waals surface area (Å²) in [5.74, 6) is 0. The van der Waals surface area contributed by atoms with E-state index in [0.717, 1.165) is 25.7 Å². The van der Waals surface area contributed by atoms with Crippen LogP contribution in [0.4, 0.5) is 0 Å². The number of hydrogen-bond donors (Lipinski definition) is 1.